The number of aromatic amines is 1. The number of H-pyrrole nitrogens is 1. The number of rotatable bonds is 2. The lowest BCUT2D eigenvalue weighted by Gasteiger charge is -2.24. The highest BCUT2D eigenvalue weighted by molar-refractivity contribution is 6.35. The van der Waals surface area contributed by atoms with Crippen molar-refractivity contribution < 1.29 is 9.53 Å². The number of para-hydroxylation sites is 1. The number of benzene rings is 1. The molecule has 1 aromatic carbocycles. The van der Waals surface area contributed by atoms with E-state index in [0.29, 0.717) is 0 Å². The summed E-state index contributed by atoms with van der Waals surface area (Å²) in [6, 6.07) is 6.03. The van der Waals surface area contributed by atoms with Crippen LogP contribution in [0.25, 0.3) is 10.9 Å². The van der Waals surface area contributed by atoms with E-state index in [-0.39, 0.29) is 18.1 Å². The molecule has 23 heavy (non-hydrogen) atoms. The molecule has 0 radical (unpaired) electrons. The third-order valence-corrected chi connectivity index (χ3v) is 4.63. The quantitative estimate of drug-likeness (QED) is 0.813. The number of alkyl carbamates (subject to hydrolysis) is 1. The normalized spacial score (nSPS) is 21.6. The molecule has 1 saturated carbocycles. The minimum absolute atomic E-state index is 0.0998. The maximum atomic E-state index is 12.1. The smallest absolute Gasteiger partial charge is 0.407 e. The van der Waals surface area contributed by atoms with E-state index in [4.69, 9.17) is 16.3 Å². The second kappa shape index (κ2) is 6.08. The summed E-state index contributed by atoms with van der Waals surface area (Å²) >= 11 is 6.25. The Bertz CT molecular complexity index is 717. The summed E-state index contributed by atoms with van der Waals surface area (Å²) in [5.74, 6) is 0.287. The molecular weight excluding hydrogens is 312 g/mol. The Labute approximate surface area is 141 Å². The van der Waals surface area contributed by atoms with Crippen LogP contribution < -0.4 is 5.32 Å². The zero-order valence-corrected chi connectivity index (χ0v) is 14.5. The van der Waals surface area contributed by atoms with Crippen LogP contribution in [0.3, 0.4) is 0 Å². The summed E-state index contributed by atoms with van der Waals surface area (Å²) in [7, 11) is 0. The number of halogens is 1. The Morgan fingerprint density at radius 1 is 1.35 bits per heavy atom. The van der Waals surface area contributed by atoms with Crippen molar-refractivity contribution in [2.75, 3.05) is 0 Å². The fraction of sp³-hybridized carbons (Fsp3) is 0.500. The molecule has 0 spiro atoms. The minimum Gasteiger partial charge on any atom is -0.444 e. The highest BCUT2D eigenvalue weighted by atomic mass is 35.5. The monoisotopic (exact) mass is 334 g/mol. The molecule has 5 heteroatoms. The number of hydrogen-bond acceptors (Lipinski definition) is 2. The van der Waals surface area contributed by atoms with Crippen molar-refractivity contribution in [3.8, 4) is 0 Å². The van der Waals surface area contributed by atoms with Gasteiger partial charge in [-0.05, 0) is 45.2 Å². The fourth-order valence-electron chi connectivity index (χ4n) is 3.41. The van der Waals surface area contributed by atoms with E-state index < -0.39 is 5.60 Å². The zero-order valence-electron chi connectivity index (χ0n) is 13.8. The molecule has 1 fully saturated rings. The first-order chi connectivity index (χ1) is 10.8. The van der Waals surface area contributed by atoms with Crippen LogP contribution in [0.2, 0.25) is 5.02 Å². The van der Waals surface area contributed by atoms with Crippen LogP contribution in [0.4, 0.5) is 4.79 Å². The van der Waals surface area contributed by atoms with Gasteiger partial charge in [0.2, 0.25) is 0 Å². The third-order valence-electron chi connectivity index (χ3n) is 4.31. The lowest BCUT2D eigenvalue weighted by molar-refractivity contribution is 0.0501. The first kappa shape index (κ1) is 16.2. The topological polar surface area (TPSA) is 54.1 Å². The van der Waals surface area contributed by atoms with Gasteiger partial charge >= 0.3 is 6.09 Å². The van der Waals surface area contributed by atoms with Crippen molar-refractivity contribution in [1.29, 1.82) is 0 Å². The number of fused-ring (bicyclic) bond motifs is 1. The van der Waals surface area contributed by atoms with E-state index >= 15 is 0 Å². The molecule has 1 heterocycles. The van der Waals surface area contributed by atoms with E-state index in [1.807, 2.05) is 39.1 Å². The Morgan fingerprint density at radius 2 is 2.13 bits per heavy atom. The van der Waals surface area contributed by atoms with Gasteiger partial charge in [0.15, 0.2) is 0 Å². The van der Waals surface area contributed by atoms with E-state index in [1.165, 1.54) is 5.56 Å². The van der Waals surface area contributed by atoms with Crippen LogP contribution >= 0.6 is 11.6 Å². The largest absolute Gasteiger partial charge is 0.444 e. The molecule has 1 aromatic heterocycles. The van der Waals surface area contributed by atoms with Gasteiger partial charge in [0.1, 0.15) is 5.60 Å². The van der Waals surface area contributed by atoms with Gasteiger partial charge in [-0.2, -0.15) is 0 Å². The zero-order chi connectivity index (χ0) is 16.6. The van der Waals surface area contributed by atoms with Crippen LogP contribution in [-0.4, -0.2) is 22.7 Å². The van der Waals surface area contributed by atoms with Crippen LogP contribution in [-0.2, 0) is 4.74 Å². The van der Waals surface area contributed by atoms with Gasteiger partial charge in [-0.3, -0.25) is 0 Å². The number of aromatic nitrogens is 1. The summed E-state index contributed by atoms with van der Waals surface area (Å²) in [5.41, 5.74) is 1.71. The van der Waals surface area contributed by atoms with Crippen molar-refractivity contribution in [3.63, 3.8) is 0 Å². The average Bonchev–Trinajstić information content (AvgIpc) is 3.03. The van der Waals surface area contributed by atoms with E-state index in [0.717, 1.165) is 35.2 Å². The van der Waals surface area contributed by atoms with Crippen LogP contribution in [0.15, 0.2) is 24.4 Å². The number of ether oxygens (including phenoxy) is 1. The first-order valence-corrected chi connectivity index (χ1v) is 8.48. The lowest BCUT2D eigenvalue weighted by Crippen LogP contribution is -2.40. The number of nitrogens with one attached hydrogen (secondary N) is 2. The van der Waals surface area contributed by atoms with Crippen LogP contribution in [0, 0.1) is 0 Å². The number of carbonyl (C=O) groups is 1. The van der Waals surface area contributed by atoms with Gasteiger partial charge in [0.05, 0.1) is 10.5 Å². The molecule has 3 rings (SSSR count). The van der Waals surface area contributed by atoms with Gasteiger partial charge in [-0.1, -0.05) is 30.2 Å². The number of hydrogen-bond donors (Lipinski definition) is 2. The molecular formula is C18H23ClN2O2. The fourth-order valence-corrected chi connectivity index (χ4v) is 3.64. The molecule has 0 aliphatic heterocycles. The average molecular weight is 335 g/mol. The third kappa shape index (κ3) is 3.47. The number of amides is 1. The first-order valence-electron chi connectivity index (χ1n) is 8.10. The summed E-state index contributed by atoms with van der Waals surface area (Å²) in [6.07, 6.45) is 4.80. The standard InChI is InChI=1S/C18H23ClN2O2/c1-18(2,3)23-17(22)21-15-9-5-6-11(15)13-10-20-16-12(13)7-4-8-14(16)19/h4,7-8,10-11,15,20H,5-6,9H2,1-3H3,(H,21,22)/t11-,15+/m0/s1. The molecule has 2 atom stereocenters. The van der Waals surface area contributed by atoms with E-state index in [1.54, 1.807) is 0 Å². The summed E-state index contributed by atoms with van der Waals surface area (Å²) in [6.45, 7) is 5.63. The molecule has 0 bridgehead atoms. The summed E-state index contributed by atoms with van der Waals surface area (Å²) in [5, 5.41) is 4.91. The minimum atomic E-state index is -0.480. The van der Waals surface area contributed by atoms with Gasteiger partial charge < -0.3 is 15.0 Å². The van der Waals surface area contributed by atoms with Crippen molar-refractivity contribution in [3.05, 3.63) is 35.0 Å². The molecule has 1 aliphatic rings. The molecule has 2 N–H and O–H groups in total. The predicted octanol–water partition coefficient (Wildman–Crippen LogP) is 4.98. The molecule has 4 nitrogen and oxygen atoms in total. The van der Waals surface area contributed by atoms with Gasteiger partial charge in [0.25, 0.3) is 0 Å². The highest BCUT2D eigenvalue weighted by Gasteiger charge is 2.32. The second-order valence-corrected chi connectivity index (χ2v) is 7.60. The summed E-state index contributed by atoms with van der Waals surface area (Å²) < 4.78 is 5.39. The molecule has 124 valence electrons. The molecule has 1 amide bonds. The van der Waals surface area contributed by atoms with Crippen LogP contribution in [0.1, 0.15) is 51.5 Å². The Morgan fingerprint density at radius 3 is 2.87 bits per heavy atom. The van der Waals surface area contributed by atoms with Gasteiger partial charge in [-0.25, -0.2) is 4.79 Å². The predicted molar refractivity (Wildman–Crippen MR) is 93.1 cm³/mol. The number of carbonyl (C=O) groups excluding carboxylic acids is 1. The Kier molecular flexibility index (Phi) is 4.28. The maximum absolute atomic E-state index is 12.1. The van der Waals surface area contributed by atoms with Crippen molar-refractivity contribution in [2.45, 2.75) is 57.6 Å². The molecule has 0 unspecified atom stereocenters. The second-order valence-electron chi connectivity index (χ2n) is 7.20. The Hall–Kier alpha value is -1.68. The lowest BCUT2D eigenvalue weighted by atomic mass is 9.94. The van der Waals surface area contributed by atoms with Crippen molar-refractivity contribution in [1.82, 2.24) is 10.3 Å². The van der Waals surface area contributed by atoms with Crippen molar-refractivity contribution >= 4 is 28.6 Å². The molecule has 2 aromatic rings. The molecule has 0 saturated heterocycles. The van der Waals surface area contributed by atoms with Gasteiger partial charge in [-0.15, -0.1) is 0 Å². The SMILES string of the molecule is CC(C)(C)OC(=O)N[C@@H]1CCC[C@H]1c1c[nH]c2c(Cl)cccc12. The summed E-state index contributed by atoms with van der Waals surface area (Å²) in [4.78, 5) is 15.4. The van der Waals surface area contributed by atoms with E-state index in [9.17, 15) is 4.79 Å². The van der Waals surface area contributed by atoms with Gasteiger partial charge in [0, 0.05) is 23.5 Å². The molecule has 1 aliphatic carbocycles. The Balaban J connectivity index is 1.81. The maximum Gasteiger partial charge on any atom is 0.407 e. The van der Waals surface area contributed by atoms with E-state index in [2.05, 4.69) is 16.4 Å². The van der Waals surface area contributed by atoms with Crippen LogP contribution in [0.5, 0.6) is 0 Å². The van der Waals surface area contributed by atoms with Crippen molar-refractivity contribution in [2.24, 2.45) is 0 Å². The highest BCUT2D eigenvalue weighted by Crippen LogP contribution is 2.39.